The molecule has 3 aliphatic carbocycles. The van der Waals surface area contributed by atoms with Crippen LogP contribution in [0.25, 0.3) is 0 Å². The third-order valence-electron chi connectivity index (χ3n) is 13.6. The third-order valence-corrected chi connectivity index (χ3v) is 13.6. The molecule has 0 radical (unpaired) electrons. The first-order chi connectivity index (χ1) is 29.8. The van der Waals surface area contributed by atoms with Gasteiger partial charge in [-0.25, -0.2) is 14.4 Å². The van der Waals surface area contributed by atoms with E-state index in [-0.39, 0.29) is 35.3 Å². The number of benzene rings is 3. The van der Waals surface area contributed by atoms with Gasteiger partial charge >= 0.3 is 23.9 Å². The number of carbonyl (C=O) groups is 6. The Bertz CT molecular complexity index is 2330. The van der Waals surface area contributed by atoms with E-state index in [0.29, 0.717) is 5.56 Å². The van der Waals surface area contributed by atoms with Crippen LogP contribution in [0.3, 0.4) is 0 Å². The maximum atomic E-state index is 15.5. The van der Waals surface area contributed by atoms with Gasteiger partial charge in [-0.3, -0.25) is 14.4 Å². The summed E-state index contributed by atoms with van der Waals surface area (Å²) in [6.07, 6.45) is -9.81. The maximum Gasteiger partial charge on any atom is 0.338 e. The lowest BCUT2D eigenvalue weighted by atomic mass is 9.44. The van der Waals surface area contributed by atoms with Crippen LogP contribution in [0, 0.1) is 16.7 Å². The number of fused-ring (bicyclic) bond motifs is 5. The predicted molar refractivity (Wildman–Crippen MR) is 222 cm³/mol. The van der Waals surface area contributed by atoms with Gasteiger partial charge in [-0.15, -0.1) is 0 Å². The van der Waals surface area contributed by atoms with Crippen LogP contribution in [-0.4, -0.2) is 105 Å². The number of ether oxygens (including phenoxy) is 5. The number of Topliss-reactive ketones (excluding diaryl/α,β-unsaturated/α-hetero) is 1. The summed E-state index contributed by atoms with van der Waals surface area (Å²) in [5, 5.41) is 40.3. The molecule has 332 valence electrons. The fraction of sp³-hybridized carbons (Fsp3) is 0.417. The zero-order valence-corrected chi connectivity index (χ0v) is 35.5. The lowest BCUT2D eigenvalue weighted by Crippen LogP contribution is -2.82. The molecule has 63 heavy (non-hydrogen) atoms. The van der Waals surface area contributed by atoms with Crippen LogP contribution < -0.4 is 5.32 Å². The smallest absolute Gasteiger partial charge is 0.338 e. The Morgan fingerprint density at radius 1 is 0.889 bits per heavy atom. The van der Waals surface area contributed by atoms with Gasteiger partial charge in [-0.1, -0.05) is 87.2 Å². The highest BCUT2D eigenvalue weighted by Crippen LogP contribution is 2.64. The molecule has 4 aliphatic rings. The Morgan fingerprint density at radius 2 is 1.48 bits per heavy atom. The van der Waals surface area contributed by atoms with E-state index in [1.807, 2.05) is 0 Å². The summed E-state index contributed by atoms with van der Waals surface area (Å²) in [6.45, 7) is 10.3. The highest BCUT2D eigenvalue weighted by Gasteiger charge is 2.78. The van der Waals surface area contributed by atoms with Crippen LogP contribution >= 0.6 is 0 Å². The molecule has 1 saturated heterocycles. The summed E-state index contributed by atoms with van der Waals surface area (Å²) in [7, 11) is 0. The van der Waals surface area contributed by atoms with Gasteiger partial charge in [0.1, 0.15) is 23.9 Å². The van der Waals surface area contributed by atoms with Gasteiger partial charge in [-0.2, -0.15) is 0 Å². The Kier molecular flexibility index (Phi) is 12.1. The Labute approximate surface area is 364 Å². The van der Waals surface area contributed by atoms with E-state index in [1.54, 1.807) is 92.7 Å². The molecular formula is C48H51NO14. The highest BCUT2D eigenvalue weighted by molar-refractivity contribution is 5.96. The number of hydrogen-bond donors (Lipinski definition) is 4. The van der Waals surface area contributed by atoms with Crippen LogP contribution in [0.1, 0.15) is 79.8 Å². The van der Waals surface area contributed by atoms with Gasteiger partial charge in [-0.05, 0) is 54.8 Å². The van der Waals surface area contributed by atoms with E-state index >= 15 is 4.79 Å². The number of amides is 1. The minimum Gasteiger partial charge on any atom is -0.456 e. The Balaban J connectivity index is 1.39. The van der Waals surface area contributed by atoms with Crippen molar-refractivity contribution in [1.82, 2.24) is 5.32 Å². The van der Waals surface area contributed by atoms with Crippen LogP contribution in [0.4, 0.5) is 0 Å². The largest absolute Gasteiger partial charge is 0.456 e. The zero-order chi connectivity index (χ0) is 45.6. The molecule has 11 atom stereocenters. The molecule has 1 heterocycles. The van der Waals surface area contributed by atoms with Crippen molar-refractivity contribution in [3.8, 4) is 0 Å². The van der Waals surface area contributed by atoms with Gasteiger partial charge in [0.25, 0.3) is 5.91 Å². The average molecular weight is 866 g/mol. The Hall–Kier alpha value is -6.00. The second-order valence-electron chi connectivity index (χ2n) is 17.4. The van der Waals surface area contributed by atoms with Crippen molar-refractivity contribution in [2.75, 3.05) is 6.61 Å². The second-order valence-corrected chi connectivity index (χ2v) is 17.4. The molecule has 15 nitrogen and oxygen atoms in total. The van der Waals surface area contributed by atoms with Crippen molar-refractivity contribution < 1.29 is 67.8 Å². The van der Waals surface area contributed by atoms with Gasteiger partial charge in [0.05, 0.1) is 35.6 Å². The fourth-order valence-corrected chi connectivity index (χ4v) is 10.1. The topological polar surface area (TPSA) is 221 Å². The molecule has 0 spiro atoms. The first kappa shape index (κ1) is 45.0. The first-order valence-corrected chi connectivity index (χ1v) is 20.7. The summed E-state index contributed by atoms with van der Waals surface area (Å²) in [5.74, 6) is -7.10. The number of rotatable bonds is 11. The van der Waals surface area contributed by atoms with Crippen molar-refractivity contribution in [2.24, 2.45) is 16.7 Å². The summed E-state index contributed by atoms with van der Waals surface area (Å²) >= 11 is 0. The lowest BCUT2D eigenvalue weighted by Gasteiger charge is -2.67. The van der Waals surface area contributed by atoms with Crippen molar-refractivity contribution >= 4 is 35.6 Å². The number of nitrogens with one attached hydrogen (secondary N) is 1. The molecule has 2 bridgehead atoms. The molecular weight excluding hydrogens is 815 g/mol. The average Bonchev–Trinajstić information content (AvgIpc) is 3.26. The summed E-state index contributed by atoms with van der Waals surface area (Å²) in [4.78, 5) is 83.9. The van der Waals surface area contributed by atoms with Gasteiger partial charge in [0, 0.05) is 36.8 Å². The summed E-state index contributed by atoms with van der Waals surface area (Å²) < 4.78 is 30.3. The number of aliphatic hydroxyl groups excluding tert-OH is 2. The van der Waals surface area contributed by atoms with Crippen LogP contribution in [0.15, 0.2) is 115 Å². The van der Waals surface area contributed by atoms with Crippen LogP contribution in [0.5, 0.6) is 0 Å². The van der Waals surface area contributed by atoms with Crippen molar-refractivity contribution in [2.45, 2.75) is 101 Å². The molecule has 3 aromatic rings. The van der Waals surface area contributed by atoms with Crippen LogP contribution in [0.2, 0.25) is 0 Å². The minimum absolute atomic E-state index is 0.0162. The number of carbonyl (C=O) groups excluding carboxylic acids is 6. The second kappa shape index (κ2) is 16.9. The molecule has 1 aliphatic heterocycles. The molecule has 3 fully saturated rings. The van der Waals surface area contributed by atoms with E-state index in [0.717, 1.165) is 13.0 Å². The molecule has 0 aromatic heterocycles. The molecule has 1 amide bonds. The third kappa shape index (κ3) is 7.56. The minimum atomic E-state index is -2.42. The van der Waals surface area contributed by atoms with Crippen molar-refractivity contribution in [3.05, 3.63) is 131 Å². The lowest BCUT2D eigenvalue weighted by molar-refractivity contribution is -0.345. The Morgan fingerprint density at radius 3 is 2.03 bits per heavy atom. The predicted octanol–water partition coefficient (Wildman–Crippen LogP) is 3.90. The summed E-state index contributed by atoms with van der Waals surface area (Å²) in [6, 6.07) is 22.9. The number of aliphatic hydroxyl groups is 3. The van der Waals surface area contributed by atoms with Gasteiger partial charge in [0.2, 0.25) is 0 Å². The monoisotopic (exact) mass is 865 g/mol. The standard InChI is InChI=1S/C48H51NO14/c1-7-34(52)63-47-25-59-33(47)23-32(51)46(6)39(47)41(62-43(56)30-21-15-10-16-22-30)48(58)24-31(26(2)35(45(48,4)5)38(40(46)54)60-27(3)50)61-44(57)37(53)36(28-17-11-8-12-18-28)49-42(55)29-19-13-9-14-20-29/h7-22,31-33,36-39,41,51,53,58H,1,23-25H2,2-6H3,(H,49,55)/t31-,32-,33?,36-,37+,38+,39-,41-,46+,47-,48+/m0/s1. The van der Waals surface area contributed by atoms with E-state index in [9.17, 15) is 39.3 Å². The van der Waals surface area contributed by atoms with Gasteiger partial charge in [0.15, 0.2) is 23.6 Å². The van der Waals surface area contributed by atoms with E-state index in [4.69, 9.17) is 23.7 Å². The van der Waals surface area contributed by atoms with E-state index in [2.05, 4.69) is 11.9 Å². The normalized spacial score (nSPS) is 31.5. The first-order valence-electron chi connectivity index (χ1n) is 20.7. The number of esters is 4. The molecule has 4 N–H and O–H groups in total. The highest BCUT2D eigenvalue weighted by atomic mass is 16.6. The van der Waals surface area contributed by atoms with Crippen molar-refractivity contribution in [3.63, 3.8) is 0 Å². The van der Waals surface area contributed by atoms with E-state index in [1.165, 1.54) is 26.0 Å². The zero-order valence-electron chi connectivity index (χ0n) is 35.5. The SMILES string of the molecule is C=CC(=O)O[C@@]12COC1C[C@H](O)[C@@]1(C)C(=O)[C@H](OC(C)=O)C3=C(C)[C@@H](OC(=O)[C@H](O)[C@@H](NC(=O)c4ccccc4)c4ccccc4)C[C@@](O)([C@@H](OC(=O)c4ccccc4)[C@@H]12)C3(C)C. The maximum absolute atomic E-state index is 15.5. The van der Waals surface area contributed by atoms with Crippen molar-refractivity contribution in [1.29, 1.82) is 0 Å². The number of ketones is 1. The van der Waals surface area contributed by atoms with Gasteiger partial charge < -0.3 is 44.3 Å². The number of hydrogen-bond acceptors (Lipinski definition) is 14. The molecule has 7 rings (SSSR count). The van der Waals surface area contributed by atoms with Crippen LogP contribution in [-0.2, 0) is 42.9 Å². The molecule has 2 saturated carbocycles. The quantitative estimate of drug-likeness (QED) is 0.0930. The molecule has 1 unspecified atom stereocenters. The fourth-order valence-electron chi connectivity index (χ4n) is 10.1. The molecule has 15 heteroatoms. The summed E-state index contributed by atoms with van der Waals surface area (Å²) in [5.41, 5.74) is -7.22. The van der Waals surface area contributed by atoms with E-state index < -0.39 is 113 Å². The molecule has 3 aromatic carbocycles.